The largest absolute Gasteiger partial charge is 0.508 e. The average Bonchev–Trinajstić information content (AvgIpc) is 3.04. The summed E-state index contributed by atoms with van der Waals surface area (Å²) in [6, 6.07) is 21.4. The van der Waals surface area contributed by atoms with Gasteiger partial charge in [-0.1, -0.05) is 60.7 Å². The van der Waals surface area contributed by atoms with Gasteiger partial charge in [-0.2, -0.15) is 0 Å². The summed E-state index contributed by atoms with van der Waals surface area (Å²) in [5.41, 5.74) is 8.13. The second-order valence-corrected chi connectivity index (χ2v) is 10.4. The van der Waals surface area contributed by atoms with Gasteiger partial charge < -0.3 is 37.0 Å². The van der Waals surface area contributed by atoms with E-state index in [2.05, 4.69) is 21.3 Å². The molecule has 3 atom stereocenters. The van der Waals surface area contributed by atoms with Crippen LogP contribution in [0.5, 0.6) is 5.75 Å². The lowest BCUT2D eigenvalue weighted by atomic mass is 10.0. The Kier molecular flexibility index (Phi) is 13.1. The van der Waals surface area contributed by atoms with Crippen LogP contribution in [0.1, 0.15) is 25.0 Å². The van der Waals surface area contributed by atoms with Gasteiger partial charge >= 0.3 is 0 Å². The van der Waals surface area contributed by atoms with Gasteiger partial charge in [0.25, 0.3) is 0 Å². The van der Waals surface area contributed by atoms with Gasteiger partial charge in [0.1, 0.15) is 17.8 Å². The molecule has 0 aromatic heterocycles. The fourth-order valence-corrected chi connectivity index (χ4v) is 4.55. The fraction of sp³-hybridized carbons (Fsp3) is 0.303. The summed E-state index contributed by atoms with van der Waals surface area (Å²) >= 11 is 0. The van der Waals surface area contributed by atoms with Gasteiger partial charge in [-0.25, -0.2) is 0 Å². The Morgan fingerprint density at radius 2 is 1.33 bits per heavy atom. The number of aromatic hydroxyl groups is 1. The zero-order valence-electron chi connectivity index (χ0n) is 25.4. The van der Waals surface area contributed by atoms with Gasteiger partial charge in [0.15, 0.2) is 0 Å². The molecule has 5 amide bonds. The van der Waals surface area contributed by atoms with E-state index in [1.807, 2.05) is 36.4 Å². The summed E-state index contributed by atoms with van der Waals surface area (Å²) in [5.74, 6) is -2.52. The minimum absolute atomic E-state index is 0.0940. The average molecular weight is 617 g/mol. The highest BCUT2D eigenvalue weighted by Gasteiger charge is 2.30. The van der Waals surface area contributed by atoms with Crippen molar-refractivity contribution >= 4 is 35.2 Å². The van der Waals surface area contributed by atoms with Crippen molar-refractivity contribution in [1.82, 2.24) is 20.9 Å². The summed E-state index contributed by atoms with van der Waals surface area (Å²) in [5, 5.41) is 19.8. The predicted molar refractivity (Wildman–Crippen MR) is 170 cm³/mol. The molecule has 3 rings (SSSR count). The van der Waals surface area contributed by atoms with Crippen molar-refractivity contribution in [3.8, 4) is 5.75 Å². The zero-order valence-corrected chi connectivity index (χ0v) is 25.4. The summed E-state index contributed by atoms with van der Waals surface area (Å²) < 4.78 is 0. The van der Waals surface area contributed by atoms with Crippen LogP contribution in [0.2, 0.25) is 0 Å². The third kappa shape index (κ3) is 11.1. The fourth-order valence-electron chi connectivity index (χ4n) is 4.55. The van der Waals surface area contributed by atoms with Crippen molar-refractivity contribution in [2.75, 3.05) is 25.0 Å². The Labute approximate surface area is 262 Å². The molecule has 0 unspecified atom stereocenters. The van der Waals surface area contributed by atoms with Crippen LogP contribution in [0.15, 0.2) is 84.9 Å². The molecule has 0 radical (unpaired) electrons. The van der Waals surface area contributed by atoms with E-state index in [1.54, 1.807) is 43.3 Å². The number of phenolic OH excluding ortho intramolecular Hbond substituents is 1. The first-order valence-corrected chi connectivity index (χ1v) is 14.6. The summed E-state index contributed by atoms with van der Waals surface area (Å²) in [4.78, 5) is 65.7. The van der Waals surface area contributed by atoms with Crippen LogP contribution >= 0.6 is 0 Å². The monoisotopic (exact) mass is 616 g/mol. The number of nitrogens with zero attached hydrogens (tertiary/aromatic N) is 1. The van der Waals surface area contributed by atoms with Crippen molar-refractivity contribution < 1.29 is 29.1 Å². The predicted octanol–water partition coefficient (Wildman–Crippen LogP) is 1.10. The quantitative estimate of drug-likeness (QED) is 0.148. The van der Waals surface area contributed by atoms with Crippen LogP contribution < -0.4 is 27.0 Å². The van der Waals surface area contributed by atoms with Crippen LogP contribution in [-0.2, 0) is 36.8 Å². The molecule has 12 heteroatoms. The molecule has 0 spiro atoms. The maximum absolute atomic E-state index is 13.3. The van der Waals surface area contributed by atoms with Crippen molar-refractivity contribution in [3.05, 3.63) is 96.1 Å². The highest BCUT2D eigenvalue weighted by molar-refractivity contribution is 5.97. The van der Waals surface area contributed by atoms with Crippen molar-refractivity contribution in [1.29, 1.82) is 0 Å². The van der Waals surface area contributed by atoms with Crippen LogP contribution in [0.3, 0.4) is 0 Å². The molecule has 0 aliphatic heterocycles. The summed E-state index contributed by atoms with van der Waals surface area (Å²) in [7, 11) is 0. The molecule has 3 aromatic rings. The lowest BCUT2D eigenvalue weighted by Gasteiger charge is -2.30. The number of rotatable bonds is 15. The summed E-state index contributed by atoms with van der Waals surface area (Å²) in [6.45, 7) is 2.63. The van der Waals surface area contributed by atoms with Gasteiger partial charge in [0, 0.05) is 18.7 Å². The maximum Gasteiger partial charge on any atom is 0.243 e. The third-order valence-electron chi connectivity index (χ3n) is 6.99. The molecule has 7 N–H and O–H groups in total. The Bertz CT molecular complexity index is 1440. The van der Waals surface area contributed by atoms with E-state index < -0.39 is 54.2 Å². The summed E-state index contributed by atoms with van der Waals surface area (Å²) in [6.07, 6.45) is 0.384. The highest BCUT2D eigenvalue weighted by Crippen LogP contribution is 2.12. The van der Waals surface area contributed by atoms with E-state index in [1.165, 1.54) is 24.0 Å². The number of nitrogens with two attached hydrogens (primary N) is 1. The number of carbonyl (C=O) groups is 5. The normalized spacial score (nSPS) is 12.6. The van der Waals surface area contributed by atoms with E-state index in [0.717, 1.165) is 11.1 Å². The van der Waals surface area contributed by atoms with E-state index in [-0.39, 0.29) is 31.7 Å². The number of para-hydroxylation sites is 1. The minimum Gasteiger partial charge on any atom is -0.508 e. The van der Waals surface area contributed by atoms with E-state index in [9.17, 15) is 29.1 Å². The minimum atomic E-state index is -0.988. The molecule has 3 aromatic carbocycles. The van der Waals surface area contributed by atoms with Crippen LogP contribution in [-0.4, -0.2) is 77.3 Å². The second kappa shape index (κ2) is 17.2. The molecule has 0 saturated heterocycles. The molecule has 45 heavy (non-hydrogen) atoms. The molecular weight excluding hydrogens is 576 g/mol. The molecule has 0 aliphatic rings. The van der Waals surface area contributed by atoms with Gasteiger partial charge in [0.05, 0.1) is 19.1 Å². The Balaban J connectivity index is 1.58. The molecule has 0 aliphatic carbocycles. The highest BCUT2D eigenvalue weighted by atomic mass is 16.3. The Morgan fingerprint density at radius 1 is 0.756 bits per heavy atom. The van der Waals surface area contributed by atoms with Gasteiger partial charge in [-0.15, -0.1) is 0 Å². The lowest BCUT2D eigenvalue weighted by Crippen LogP contribution is -2.55. The van der Waals surface area contributed by atoms with Gasteiger partial charge in [-0.05, 0) is 55.7 Å². The van der Waals surface area contributed by atoms with Crippen LogP contribution in [0, 0.1) is 0 Å². The van der Waals surface area contributed by atoms with Crippen molar-refractivity contribution in [2.45, 2.75) is 44.8 Å². The van der Waals surface area contributed by atoms with Crippen LogP contribution in [0.25, 0.3) is 0 Å². The molecule has 12 nitrogen and oxygen atoms in total. The third-order valence-corrected chi connectivity index (χ3v) is 6.99. The number of amides is 5. The zero-order chi connectivity index (χ0) is 32.8. The van der Waals surface area contributed by atoms with Gasteiger partial charge in [-0.3, -0.25) is 24.0 Å². The van der Waals surface area contributed by atoms with Crippen molar-refractivity contribution in [3.63, 3.8) is 0 Å². The topological polar surface area (TPSA) is 183 Å². The molecule has 0 heterocycles. The number of phenols is 1. The van der Waals surface area contributed by atoms with E-state index in [0.29, 0.717) is 5.69 Å². The van der Waals surface area contributed by atoms with Crippen LogP contribution in [0.4, 0.5) is 5.69 Å². The SMILES string of the molecule is CCN(C(=O)CNC(=O)[C@@H](C)NC(=O)[C@@H](N)Cc1ccc(O)cc1)[C@@H](Cc1ccccc1)C(=O)NCC(=O)Nc1ccccc1. The smallest absolute Gasteiger partial charge is 0.243 e. The standard InChI is InChI=1S/C33H40N6O6/c1-3-39(30(42)21-36-31(43)22(2)37-32(44)27(34)18-24-14-16-26(40)17-15-24)28(19-23-10-6-4-7-11-23)33(45)35-20-29(41)38-25-12-8-5-9-13-25/h4-17,22,27-28,40H,3,18-21,34H2,1-2H3,(H,35,45)(H,36,43)(H,37,44)(H,38,41)/t22-,27+,28+/m1/s1. The number of benzene rings is 3. The molecule has 238 valence electrons. The number of nitrogens with one attached hydrogen (secondary N) is 4. The molecule has 0 saturated carbocycles. The van der Waals surface area contributed by atoms with E-state index >= 15 is 0 Å². The number of hydrogen-bond donors (Lipinski definition) is 6. The van der Waals surface area contributed by atoms with Crippen molar-refractivity contribution in [2.24, 2.45) is 5.73 Å². The Morgan fingerprint density at radius 3 is 1.96 bits per heavy atom. The molecular formula is C33H40N6O6. The Hall–Kier alpha value is -5.23. The van der Waals surface area contributed by atoms with E-state index in [4.69, 9.17) is 5.73 Å². The second-order valence-electron chi connectivity index (χ2n) is 10.4. The first-order valence-electron chi connectivity index (χ1n) is 14.6. The van der Waals surface area contributed by atoms with Gasteiger partial charge in [0.2, 0.25) is 29.5 Å². The first-order chi connectivity index (χ1) is 21.6. The molecule has 0 fully saturated rings. The maximum atomic E-state index is 13.3. The number of anilines is 1. The first kappa shape index (κ1) is 34.3. The molecule has 0 bridgehead atoms. The number of carbonyl (C=O) groups excluding carboxylic acids is 5. The lowest BCUT2D eigenvalue weighted by molar-refractivity contribution is -0.140. The number of hydrogen-bond acceptors (Lipinski definition) is 7. The number of likely N-dealkylation sites (N-methyl/N-ethyl adjacent to an activating group) is 1.